The monoisotopic (exact) mass is 307 g/mol. The molecule has 0 unspecified atom stereocenters. The number of hydrogen-bond acceptors (Lipinski definition) is 2. The fourth-order valence-electron chi connectivity index (χ4n) is 1.55. The van der Waals surface area contributed by atoms with Crippen LogP contribution in [0.5, 0.6) is 5.75 Å². The molecule has 1 aromatic carbocycles. The van der Waals surface area contributed by atoms with E-state index in [-0.39, 0.29) is 22.1 Å². The van der Waals surface area contributed by atoms with Gasteiger partial charge in [-0.15, -0.1) is 0 Å². The van der Waals surface area contributed by atoms with Gasteiger partial charge in [0.05, 0.1) is 5.02 Å². The van der Waals surface area contributed by atoms with Crippen molar-refractivity contribution >= 4 is 23.2 Å². The van der Waals surface area contributed by atoms with E-state index in [1.165, 1.54) is 18.2 Å². The van der Waals surface area contributed by atoms with Gasteiger partial charge in [0.15, 0.2) is 6.61 Å². The highest BCUT2D eigenvalue weighted by Gasteiger charge is 2.44. The zero-order chi connectivity index (χ0) is 15.0. The Morgan fingerprint density at radius 3 is 2.60 bits per heavy atom. The molecule has 2 rings (SSSR count). The van der Waals surface area contributed by atoms with Crippen LogP contribution in [0.1, 0.15) is 19.8 Å². The van der Waals surface area contributed by atoms with Gasteiger partial charge in [-0.05, 0) is 31.0 Å². The maximum Gasteiger partial charge on any atom is 0.422 e. The van der Waals surface area contributed by atoms with Gasteiger partial charge in [0.1, 0.15) is 5.75 Å². The summed E-state index contributed by atoms with van der Waals surface area (Å²) in [7, 11) is 0. The Kier molecular flexibility index (Phi) is 3.86. The number of carbonyl (C=O) groups is 1. The van der Waals surface area contributed by atoms with Crippen LogP contribution in [0.2, 0.25) is 5.02 Å². The van der Waals surface area contributed by atoms with E-state index in [4.69, 9.17) is 11.6 Å². The summed E-state index contributed by atoms with van der Waals surface area (Å²) >= 11 is 5.83. The molecule has 0 aliphatic heterocycles. The van der Waals surface area contributed by atoms with E-state index in [1.807, 2.05) is 6.92 Å². The second-order valence-corrected chi connectivity index (χ2v) is 5.47. The summed E-state index contributed by atoms with van der Waals surface area (Å²) in [6, 6.07) is 4.14. The van der Waals surface area contributed by atoms with E-state index in [2.05, 4.69) is 10.1 Å². The van der Waals surface area contributed by atoms with Crippen molar-refractivity contribution in [3.63, 3.8) is 0 Å². The van der Waals surface area contributed by atoms with E-state index in [9.17, 15) is 18.0 Å². The zero-order valence-corrected chi connectivity index (χ0v) is 11.4. The molecule has 1 aliphatic carbocycles. The highest BCUT2D eigenvalue weighted by Crippen LogP contribution is 2.45. The second kappa shape index (κ2) is 5.16. The van der Waals surface area contributed by atoms with Crippen LogP contribution in [-0.2, 0) is 4.79 Å². The summed E-state index contributed by atoms with van der Waals surface area (Å²) in [5.74, 6) is -0.183. The van der Waals surface area contributed by atoms with E-state index in [0.29, 0.717) is 5.69 Å². The maximum atomic E-state index is 12.0. The molecule has 3 nitrogen and oxygen atoms in total. The van der Waals surface area contributed by atoms with Crippen LogP contribution in [-0.4, -0.2) is 18.7 Å². The van der Waals surface area contributed by atoms with E-state index >= 15 is 0 Å². The average molecular weight is 308 g/mol. The molecule has 0 spiro atoms. The third-order valence-electron chi connectivity index (χ3n) is 3.13. The lowest BCUT2D eigenvalue weighted by molar-refractivity contribution is -0.153. The van der Waals surface area contributed by atoms with Crippen molar-refractivity contribution in [2.24, 2.45) is 5.41 Å². The molecule has 0 aromatic heterocycles. The molecule has 1 N–H and O–H groups in total. The van der Waals surface area contributed by atoms with Crippen LogP contribution in [0.4, 0.5) is 18.9 Å². The van der Waals surface area contributed by atoms with E-state index in [1.54, 1.807) is 0 Å². The molecule has 0 bridgehead atoms. The quantitative estimate of drug-likeness (QED) is 0.912. The number of anilines is 1. The molecular formula is C13H13ClF3NO2. The molecule has 20 heavy (non-hydrogen) atoms. The Bertz CT molecular complexity index is 527. The van der Waals surface area contributed by atoms with Gasteiger partial charge in [0, 0.05) is 11.1 Å². The number of alkyl halides is 3. The van der Waals surface area contributed by atoms with Gasteiger partial charge in [-0.1, -0.05) is 18.5 Å². The normalized spacial score (nSPS) is 16.6. The molecule has 1 aliphatic rings. The Morgan fingerprint density at radius 2 is 2.10 bits per heavy atom. The van der Waals surface area contributed by atoms with Crippen molar-refractivity contribution in [1.29, 1.82) is 0 Å². The van der Waals surface area contributed by atoms with Crippen molar-refractivity contribution in [2.75, 3.05) is 11.9 Å². The number of nitrogens with one attached hydrogen (secondary N) is 1. The van der Waals surface area contributed by atoms with Crippen molar-refractivity contribution in [3.8, 4) is 5.75 Å². The highest BCUT2D eigenvalue weighted by molar-refractivity contribution is 6.32. The Labute approximate surface area is 119 Å². The summed E-state index contributed by atoms with van der Waals surface area (Å²) in [6.45, 7) is 0.446. The molecule has 0 heterocycles. The average Bonchev–Trinajstić information content (AvgIpc) is 3.06. The first-order chi connectivity index (χ1) is 9.20. The second-order valence-electron chi connectivity index (χ2n) is 5.06. The van der Waals surface area contributed by atoms with E-state index in [0.717, 1.165) is 12.8 Å². The van der Waals surface area contributed by atoms with Crippen molar-refractivity contribution < 1.29 is 22.7 Å². The minimum atomic E-state index is -4.42. The van der Waals surface area contributed by atoms with Crippen LogP contribution >= 0.6 is 11.6 Å². The first-order valence-electron chi connectivity index (χ1n) is 6.00. The third kappa shape index (κ3) is 3.79. The summed E-state index contributed by atoms with van der Waals surface area (Å²) in [5, 5.41) is 2.70. The zero-order valence-electron chi connectivity index (χ0n) is 10.7. The lowest BCUT2D eigenvalue weighted by atomic mass is 10.1. The maximum absolute atomic E-state index is 12.0. The minimum Gasteiger partial charge on any atom is -0.483 e. The SMILES string of the molecule is CC1(C(=O)Nc2ccc(OCC(F)(F)F)c(Cl)c2)CC1. The van der Waals surface area contributed by atoms with Gasteiger partial charge in [0.25, 0.3) is 0 Å². The fraction of sp³-hybridized carbons (Fsp3) is 0.462. The molecule has 7 heteroatoms. The predicted molar refractivity (Wildman–Crippen MR) is 69.0 cm³/mol. The molecule has 0 atom stereocenters. The Balaban J connectivity index is 2.00. The van der Waals surface area contributed by atoms with Gasteiger partial charge >= 0.3 is 6.18 Å². The number of amides is 1. The highest BCUT2D eigenvalue weighted by atomic mass is 35.5. The third-order valence-corrected chi connectivity index (χ3v) is 3.42. The van der Waals surface area contributed by atoms with E-state index < -0.39 is 12.8 Å². The van der Waals surface area contributed by atoms with Gasteiger partial charge in [0.2, 0.25) is 5.91 Å². The van der Waals surface area contributed by atoms with Crippen molar-refractivity contribution in [3.05, 3.63) is 23.2 Å². The number of hydrogen-bond donors (Lipinski definition) is 1. The largest absolute Gasteiger partial charge is 0.483 e. The molecule has 110 valence electrons. The Morgan fingerprint density at radius 1 is 1.45 bits per heavy atom. The first-order valence-corrected chi connectivity index (χ1v) is 6.38. The van der Waals surface area contributed by atoms with Gasteiger partial charge in [-0.25, -0.2) is 0 Å². The number of rotatable bonds is 4. The number of carbonyl (C=O) groups excluding carboxylic acids is 1. The van der Waals surface area contributed by atoms with Crippen LogP contribution in [0.25, 0.3) is 0 Å². The minimum absolute atomic E-state index is 0.0213. The molecule has 0 radical (unpaired) electrons. The molecule has 1 fully saturated rings. The topological polar surface area (TPSA) is 38.3 Å². The number of halogens is 4. The van der Waals surface area contributed by atoms with Crippen molar-refractivity contribution in [2.45, 2.75) is 25.9 Å². The lowest BCUT2D eigenvalue weighted by Crippen LogP contribution is -2.21. The molecule has 1 saturated carbocycles. The molecule has 1 aromatic rings. The van der Waals surface area contributed by atoms with Crippen LogP contribution in [0.15, 0.2) is 18.2 Å². The van der Waals surface area contributed by atoms with Crippen LogP contribution < -0.4 is 10.1 Å². The summed E-state index contributed by atoms with van der Waals surface area (Å²) in [6.07, 6.45) is -2.75. The molecular weight excluding hydrogens is 295 g/mol. The van der Waals surface area contributed by atoms with Gasteiger partial charge in [-0.3, -0.25) is 4.79 Å². The smallest absolute Gasteiger partial charge is 0.422 e. The fourth-order valence-corrected chi connectivity index (χ4v) is 1.79. The van der Waals surface area contributed by atoms with Gasteiger partial charge in [-0.2, -0.15) is 13.2 Å². The van der Waals surface area contributed by atoms with Crippen LogP contribution in [0.3, 0.4) is 0 Å². The first kappa shape index (κ1) is 15.0. The Hall–Kier alpha value is -1.43. The number of ether oxygens (including phenoxy) is 1. The standard InChI is InChI=1S/C13H13ClF3NO2/c1-12(4-5-12)11(19)18-8-2-3-10(9(14)6-8)20-7-13(15,16)17/h2-3,6H,4-5,7H2,1H3,(H,18,19). The van der Waals surface area contributed by atoms with Crippen LogP contribution in [0, 0.1) is 5.41 Å². The summed E-state index contributed by atoms with van der Waals surface area (Å²) in [5.41, 5.74) is 0.102. The lowest BCUT2D eigenvalue weighted by Gasteiger charge is -2.13. The summed E-state index contributed by atoms with van der Waals surface area (Å²) in [4.78, 5) is 11.8. The molecule has 1 amide bonds. The van der Waals surface area contributed by atoms with Crippen molar-refractivity contribution in [1.82, 2.24) is 0 Å². The predicted octanol–water partition coefficient (Wildman–Crippen LogP) is 4.02. The van der Waals surface area contributed by atoms with Gasteiger partial charge < -0.3 is 10.1 Å². The number of benzene rings is 1. The summed E-state index contributed by atoms with van der Waals surface area (Å²) < 4.78 is 40.7. The molecule has 0 saturated heterocycles.